The van der Waals surface area contributed by atoms with Gasteiger partial charge < -0.3 is 25.0 Å². The summed E-state index contributed by atoms with van der Waals surface area (Å²) in [7, 11) is 1.59. The molecule has 8 heteroatoms. The Balaban J connectivity index is 1.41. The van der Waals surface area contributed by atoms with Crippen LogP contribution in [0.4, 0.5) is 5.69 Å². The number of methoxy groups -OCH3 is 1. The molecule has 1 saturated carbocycles. The van der Waals surface area contributed by atoms with Gasteiger partial charge in [0.2, 0.25) is 17.7 Å². The van der Waals surface area contributed by atoms with Crippen molar-refractivity contribution in [1.82, 2.24) is 10.2 Å². The third-order valence-corrected chi connectivity index (χ3v) is 8.18. The summed E-state index contributed by atoms with van der Waals surface area (Å²) in [6, 6.07) is 6.43. The second-order valence-electron chi connectivity index (χ2n) is 11.0. The molecule has 3 aliphatic heterocycles. The van der Waals surface area contributed by atoms with Crippen molar-refractivity contribution in [3.05, 3.63) is 36.4 Å². The minimum absolute atomic E-state index is 0.125. The predicted octanol–water partition coefficient (Wildman–Crippen LogP) is 3.28. The maximum Gasteiger partial charge on any atom is 0.246 e. The molecule has 1 aliphatic carbocycles. The zero-order valence-corrected chi connectivity index (χ0v) is 21.4. The number of rotatable bonds is 8. The van der Waals surface area contributed by atoms with Crippen LogP contribution < -0.4 is 15.4 Å². The van der Waals surface area contributed by atoms with Gasteiger partial charge in [0.25, 0.3) is 0 Å². The van der Waals surface area contributed by atoms with E-state index in [1.165, 1.54) is 6.42 Å². The molecule has 3 amide bonds. The monoisotopic (exact) mass is 495 g/mol. The van der Waals surface area contributed by atoms with Crippen LogP contribution >= 0.6 is 0 Å². The number of nitrogens with zero attached hydrogens (tertiary/aromatic N) is 1. The number of hydrogen-bond donors (Lipinski definition) is 2. The maximum atomic E-state index is 13.9. The minimum atomic E-state index is -1.11. The summed E-state index contributed by atoms with van der Waals surface area (Å²) in [5.74, 6) is -0.953. The molecule has 3 fully saturated rings. The quantitative estimate of drug-likeness (QED) is 0.540. The molecule has 3 unspecified atom stereocenters. The molecule has 2 bridgehead atoms. The maximum absolute atomic E-state index is 13.9. The lowest BCUT2D eigenvalue weighted by atomic mass is 9.74. The summed E-state index contributed by atoms with van der Waals surface area (Å²) in [6.07, 6.45) is 9.29. The van der Waals surface area contributed by atoms with Gasteiger partial charge in [0, 0.05) is 18.3 Å². The summed E-state index contributed by atoms with van der Waals surface area (Å²) in [6.45, 7) is 4.67. The number of hydrogen-bond acceptors (Lipinski definition) is 5. The largest absolute Gasteiger partial charge is 0.497 e. The third-order valence-electron chi connectivity index (χ3n) is 8.18. The van der Waals surface area contributed by atoms with Crippen LogP contribution in [-0.2, 0) is 19.1 Å². The van der Waals surface area contributed by atoms with Crippen LogP contribution in [0.25, 0.3) is 0 Å². The zero-order chi connectivity index (χ0) is 25.4. The van der Waals surface area contributed by atoms with Crippen molar-refractivity contribution >= 4 is 23.4 Å². The van der Waals surface area contributed by atoms with Crippen molar-refractivity contribution in [3.8, 4) is 5.75 Å². The highest BCUT2D eigenvalue weighted by Crippen LogP contribution is 2.55. The van der Waals surface area contributed by atoms with Gasteiger partial charge in [-0.1, -0.05) is 45.3 Å². The molecule has 1 aromatic carbocycles. The predicted molar refractivity (Wildman–Crippen MR) is 135 cm³/mol. The van der Waals surface area contributed by atoms with Crippen molar-refractivity contribution in [1.29, 1.82) is 0 Å². The number of amides is 3. The van der Waals surface area contributed by atoms with Crippen molar-refractivity contribution in [3.63, 3.8) is 0 Å². The highest BCUT2D eigenvalue weighted by molar-refractivity contribution is 6.02. The smallest absolute Gasteiger partial charge is 0.246 e. The Morgan fingerprint density at radius 2 is 1.86 bits per heavy atom. The van der Waals surface area contributed by atoms with Crippen molar-refractivity contribution < 1.29 is 23.9 Å². The molecule has 3 heterocycles. The molecule has 5 rings (SSSR count). The van der Waals surface area contributed by atoms with E-state index in [-0.39, 0.29) is 23.8 Å². The number of anilines is 1. The fourth-order valence-electron chi connectivity index (χ4n) is 6.33. The van der Waals surface area contributed by atoms with E-state index in [0.717, 1.165) is 32.1 Å². The Labute approximate surface area is 212 Å². The average Bonchev–Trinajstić information content (AvgIpc) is 3.51. The lowest BCUT2D eigenvalue weighted by Crippen LogP contribution is -2.56. The molecule has 2 saturated heterocycles. The van der Waals surface area contributed by atoms with Crippen LogP contribution in [0.5, 0.6) is 5.75 Å². The summed E-state index contributed by atoms with van der Waals surface area (Å²) in [5.41, 5.74) is -0.491. The Kier molecular flexibility index (Phi) is 6.81. The Morgan fingerprint density at radius 1 is 1.14 bits per heavy atom. The van der Waals surface area contributed by atoms with E-state index in [9.17, 15) is 14.4 Å². The minimum Gasteiger partial charge on any atom is -0.497 e. The van der Waals surface area contributed by atoms with Crippen molar-refractivity contribution in [2.45, 2.75) is 76.2 Å². The summed E-state index contributed by atoms with van der Waals surface area (Å²) in [5, 5.41) is 6.17. The molecule has 0 aromatic heterocycles. The summed E-state index contributed by atoms with van der Waals surface area (Å²) in [4.78, 5) is 42.8. The first kappa shape index (κ1) is 24.8. The van der Waals surface area contributed by atoms with E-state index in [4.69, 9.17) is 9.47 Å². The van der Waals surface area contributed by atoms with Gasteiger partial charge >= 0.3 is 0 Å². The molecule has 194 valence electrons. The Hall–Kier alpha value is -2.87. The van der Waals surface area contributed by atoms with Gasteiger partial charge in [0.05, 0.1) is 25.0 Å². The number of fused-ring (bicyclic) bond motifs is 1. The summed E-state index contributed by atoms with van der Waals surface area (Å²) < 4.78 is 11.6. The van der Waals surface area contributed by atoms with E-state index in [0.29, 0.717) is 23.9 Å². The molecule has 0 radical (unpaired) electrons. The van der Waals surface area contributed by atoms with E-state index in [1.807, 2.05) is 12.2 Å². The van der Waals surface area contributed by atoms with Gasteiger partial charge in [-0.05, 0) is 49.4 Å². The summed E-state index contributed by atoms with van der Waals surface area (Å²) >= 11 is 0. The fourth-order valence-corrected chi connectivity index (χ4v) is 6.33. The van der Waals surface area contributed by atoms with E-state index >= 15 is 0 Å². The first-order chi connectivity index (χ1) is 17.3. The average molecular weight is 496 g/mol. The van der Waals surface area contributed by atoms with Gasteiger partial charge in [-0.2, -0.15) is 0 Å². The lowest BCUT2D eigenvalue weighted by molar-refractivity contribution is -0.141. The standard InChI is InChI=1S/C28H37N3O5/c1-17(2)14-16-31-24(26(33)30-18-7-5-4-6-8-18)28-15-13-21(36-28)22(23(28)27(31)34)25(32)29-19-9-11-20(35-3)12-10-19/h9-13,15,17-18,21-24H,4-8,14,16H2,1-3H3,(H,29,32)(H,30,33)/t21-,22?,23-,24?,28?/m1/s1. The molecule has 8 nitrogen and oxygen atoms in total. The molecule has 1 aromatic rings. The van der Waals surface area contributed by atoms with Crippen molar-refractivity contribution in [2.24, 2.45) is 17.8 Å². The number of benzene rings is 1. The zero-order valence-electron chi connectivity index (χ0n) is 21.4. The van der Waals surface area contributed by atoms with Crippen LogP contribution in [0.3, 0.4) is 0 Å². The molecule has 1 spiro atoms. The van der Waals surface area contributed by atoms with Crippen LogP contribution in [0.15, 0.2) is 36.4 Å². The first-order valence-electron chi connectivity index (χ1n) is 13.3. The number of nitrogens with one attached hydrogen (secondary N) is 2. The van der Waals surface area contributed by atoms with Crippen LogP contribution in [-0.4, -0.2) is 60.1 Å². The van der Waals surface area contributed by atoms with Crippen LogP contribution in [0.2, 0.25) is 0 Å². The highest BCUT2D eigenvalue weighted by Gasteiger charge is 2.72. The van der Waals surface area contributed by atoms with Gasteiger partial charge in [-0.3, -0.25) is 14.4 Å². The SMILES string of the molecule is COc1ccc(NC(=O)C2[C@H]3C=CC4(O3)C(C(=O)NC3CCCCC3)N(CCC(C)C)C(=O)[C@@H]24)cc1. The van der Waals surface area contributed by atoms with Gasteiger partial charge in [-0.25, -0.2) is 0 Å². The number of likely N-dealkylation sites (tertiary alicyclic amines) is 1. The molecule has 5 atom stereocenters. The van der Waals surface area contributed by atoms with Gasteiger partial charge in [0.15, 0.2) is 0 Å². The molecular formula is C28H37N3O5. The lowest BCUT2D eigenvalue weighted by Gasteiger charge is -2.34. The second-order valence-corrected chi connectivity index (χ2v) is 11.0. The van der Waals surface area contributed by atoms with Crippen LogP contribution in [0.1, 0.15) is 52.4 Å². The molecule has 36 heavy (non-hydrogen) atoms. The molecular weight excluding hydrogens is 458 g/mol. The van der Waals surface area contributed by atoms with Gasteiger partial charge in [-0.15, -0.1) is 0 Å². The van der Waals surface area contributed by atoms with E-state index < -0.39 is 29.6 Å². The van der Waals surface area contributed by atoms with Crippen LogP contribution in [0, 0.1) is 17.8 Å². The number of carbonyl (C=O) groups excluding carboxylic acids is 3. The first-order valence-corrected chi connectivity index (χ1v) is 13.3. The molecule has 4 aliphatic rings. The topological polar surface area (TPSA) is 97.0 Å². The Morgan fingerprint density at radius 3 is 2.53 bits per heavy atom. The van der Waals surface area contributed by atoms with E-state index in [2.05, 4.69) is 24.5 Å². The second kappa shape index (κ2) is 9.88. The molecule has 2 N–H and O–H groups in total. The third kappa shape index (κ3) is 4.29. The van der Waals surface area contributed by atoms with Gasteiger partial charge in [0.1, 0.15) is 17.4 Å². The number of carbonyl (C=O) groups is 3. The fraction of sp³-hybridized carbons (Fsp3) is 0.607. The van der Waals surface area contributed by atoms with Crippen molar-refractivity contribution in [2.75, 3.05) is 19.0 Å². The number of ether oxygens (including phenoxy) is 2. The Bertz CT molecular complexity index is 1030. The highest BCUT2D eigenvalue weighted by atomic mass is 16.5. The van der Waals surface area contributed by atoms with E-state index in [1.54, 1.807) is 36.3 Å². The normalized spacial score (nSPS) is 31.1.